The van der Waals surface area contributed by atoms with Crippen molar-refractivity contribution in [2.45, 2.75) is 0 Å². The van der Waals surface area contributed by atoms with Gasteiger partial charge in [0.05, 0.1) is 11.4 Å². The molecule has 0 saturated heterocycles. The zero-order valence-corrected chi connectivity index (χ0v) is 13.0. The summed E-state index contributed by atoms with van der Waals surface area (Å²) >= 11 is 0. The van der Waals surface area contributed by atoms with E-state index in [1.807, 2.05) is 24.5 Å². The van der Waals surface area contributed by atoms with E-state index in [-0.39, 0.29) is 0 Å². The van der Waals surface area contributed by atoms with Crippen molar-refractivity contribution in [2.24, 2.45) is 0 Å². The van der Waals surface area contributed by atoms with Gasteiger partial charge in [-0.1, -0.05) is 54.6 Å². The molecule has 0 N–H and O–H groups in total. The van der Waals surface area contributed by atoms with E-state index in [4.69, 9.17) is 0 Å². The van der Waals surface area contributed by atoms with E-state index in [1.54, 1.807) is 0 Å². The predicted octanol–water partition coefficient (Wildman–Crippen LogP) is 5.15. The van der Waals surface area contributed by atoms with Crippen molar-refractivity contribution in [3.8, 4) is 22.5 Å². The molecular weight excluding hydrogens is 292 g/mol. The van der Waals surface area contributed by atoms with Crippen LogP contribution in [0.1, 0.15) is 16.7 Å². The molecule has 3 aliphatic carbocycles. The maximum atomic E-state index is 4.55. The first-order valence-electron chi connectivity index (χ1n) is 8.02. The summed E-state index contributed by atoms with van der Waals surface area (Å²) in [6, 6.07) is 23.1. The molecule has 2 aromatic heterocycles. The fourth-order valence-electron chi connectivity index (χ4n) is 3.44. The first kappa shape index (κ1) is 13.2. The third kappa shape index (κ3) is 1.90. The minimum absolute atomic E-state index is 0.973. The lowest BCUT2D eigenvalue weighted by molar-refractivity contribution is 1.26. The molecule has 24 heavy (non-hydrogen) atoms. The Labute approximate surface area is 140 Å². The second-order valence-corrected chi connectivity index (χ2v) is 5.93. The molecule has 5 rings (SSSR count). The molecule has 2 nitrogen and oxygen atoms in total. The highest BCUT2D eigenvalue weighted by atomic mass is 14.8. The third-order valence-electron chi connectivity index (χ3n) is 4.55. The number of hydrogen-bond donors (Lipinski definition) is 0. The average molecular weight is 306 g/mol. The summed E-state index contributed by atoms with van der Waals surface area (Å²) in [5.41, 5.74) is 9.18. The molecule has 0 unspecified atom stereocenters. The third-order valence-corrected chi connectivity index (χ3v) is 4.55. The second kappa shape index (κ2) is 5.14. The fraction of sp³-hybridized carbons (Fsp3) is 0. The number of fused-ring (bicyclic) bond motifs is 4. The van der Waals surface area contributed by atoms with Crippen LogP contribution in [0.5, 0.6) is 0 Å². The number of rotatable bonds is 1. The van der Waals surface area contributed by atoms with E-state index in [1.165, 1.54) is 22.3 Å². The summed E-state index contributed by atoms with van der Waals surface area (Å²) in [5, 5.41) is 0. The van der Waals surface area contributed by atoms with Crippen molar-refractivity contribution < 1.29 is 0 Å². The number of nitrogens with zero attached hydrogens (tertiary/aromatic N) is 2. The number of hydrogen-bond acceptors (Lipinski definition) is 2. The average Bonchev–Trinajstić information content (AvgIpc) is 3.05. The fourth-order valence-corrected chi connectivity index (χ4v) is 3.44. The summed E-state index contributed by atoms with van der Waals surface area (Å²) in [4.78, 5) is 9.10. The van der Waals surface area contributed by atoms with Crippen molar-refractivity contribution in [2.75, 3.05) is 0 Å². The molecule has 0 fully saturated rings. The van der Waals surface area contributed by atoms with Crippen LogP contribution in [-0.2, 0) is 0 Å². The Balaban J connectivity index is 1.76. The molecule has 0 aliphatic heterocycles. The van der Waals surface area contributed by atoms with Crippen LogP contribution in [0.4, 0.5) is 0 Å². The normalized spacial score (nSPS) is 12.1. The highest BCUT2D eigenvalue weighted by Gasteiger charge is 2.25. The summed E-state index contributed by atoms with van der Waals surface area (Å²) in [6.45, 7) is 0. The summed E-state index contributed by atoms with van der Waals surface area (Å²) in [5.74, 6) is 0. The van der Waals surface area contributed by atoms with Gasteiger partial charge in [0.15, 0.2) is 0 Å². The largest absolute Gasteiger partial charge is 0.254 e. The Bertz CT molecular complexity index is 1020. The molecule has 3 aliphatic rings. The quantitative estimate of drug-likeness (QED) is 0.428. The molecule has 0 radical (unpaired) electrons. The molecule has 112 valence electrons. The highest BCUT2D eigenvalue weighted by molar-refractivity contribution is 6.05. The van der Waals surface area contributed by atoms with Crippen LogP contribution < -0.4 is 0 Å². The van der Waals surface area contributed by atoms with E-state index >= 15 is 0 Å². The van der Waals surface area contributed by atoms with Gasteiger partial charge in [-0.15, -0.1) is 0 Å². The predicted molar refractivity (Wildman–Crippen MR) is 97.5 cm³/mol. The van der Waals surface area contributed by atoms with Crippen LogP contribution in [0, 0.1) is 0 Å². The van der Waals surface area contributed by atoms with Crippen molar-refractivity contribution in [3.63, 3.8) is 0 Å². The van der Waals surface area contributed by atoms with Gasteiger partial charge in [0.2, 0.25) is 0 Å². The number of pyridine rings is 2. The van der Waals surface area contributed by atoms with E-state index in [0.29, 0.717) is 0 Å². The van der Waals surface area contributed by atoms with Crippen LogP contribution in [-0.4, -0.2) is 9.97 Å². The van der Waals surface area contributed by atoms with E-state index in [2.05, 4.69) is 70.6 Å². The zero-order valence-electron chi connectivity index (χ0n) is 13.0. The maximum absolute atomic E-state index is 4.55. The standard InChI is InChI=1S/C22H14N2/c1-2-6-15-10-11-16(17(15)7-3-1)14-20-18-8-4-12-23-21(18)22-19(20)9-5-13-24-22/h1-14H. The number of aromatic nitrogens is 2. The molecule has 0 aromatic carbocycles. The van der Waals surface area contributed by atoms with E-state index < -0.39 is 0 Å². The molecule has 0 atom stereocenters. The van der Waals surface area contributed by atoms with Crippen LogP contribution >= 0.6 is 0 Å². The van der Waals surface area contributed by atoms with Gasteiger partial charge >= 0.3 is 0 Å². The molecule has 2 heterocycles. The molecule has 0 saturated carbocycles. The SMILES string of the molecule is C(=C1c2cccnc2-c2ncccc21)c1ccc2cccccc1-2. The van der Waals surface area contributed by atoms with Crippen molar-refractivity contribution >= 4 is 11.6 Å². The Morgan fingerprint density at radius 1 is 0.583 bits per heavy atom. The molecular formula is C22H14N2. The Morgan fingerprint density at radius 3 is 2.00 bits per heavy atom. The van der Waals surface area contributed by atoms with Gasteiger partial charge in [0.25, 0.3) is 0 Å². The summed E-state index contributed by atoms with van der Waals surface area (Å²) in [7, 11) is 0. The van der Waals surface area contributed by atoms with Crippen LogP contribution in [0.15, 0.2) is 79.1 Å². The van der Waals surface area contributed by atoms with Crippen molar-refractivity contribution in [3.05, 3.63) is 95.8 Å². The van der Waals surface area contributed by atoms with Gasteiger partial charge in [-0.25, -0.2) is 0 Å². The van der Waals surface area contributed by atoms with Crippen molar-refractivity contribution in [1.82, 2.24) is 9.97 Å². The van der Waals surface area contributed by atoms with Crippen LogP contribution in [0.3, 0.4) is 0 Å². The summed E-state index contributed by atoms with van der Waals surface area (Å²) < 4.78 is 0. The monoisotopic (exact) mass is 306 g/mol. The lowest BCUT2D eigenvalue weighted by atomic mass is 10.0. The molecule has 2 aromatic rings. The first-order valence-corrected chi connectivity index (χ1v) is 8.02. The Hall–Kier alpha value is -3.26. The lowest BCUT2D eigenvalue weighted by Gasteiger charge is -2.03. The van der Waals surface area contributed by atoms with E-state index in [9.17, 15) is 0 Å². The molecule has 0 spiro atoms. The van der Waals surface area contributed by atoms with Gasteiger partial charge in [-0.05, 0) is 40.5 Å². The second-order valence-electron chi connectivity index (χ2n) is 5.93. The Morgan fingerprint density at radius 2 is 1.25 bits per heavy atom. The summed E-state index contributed by atoms with van der Waals surface area (Å²) in [6.07, 6.45) is 5.92. The first-order chi connectivity index (χ1) is 11.9. The Kier molecular flexibility index (Phi) is 2.83. The van der Waals surface area contributed by atoms with Gasteiger partial charge in [-0.2, -0.15) is 0 Å². The maximum Gasteiger partial charge on any atom is 0.0971 e. The molecule has 0 bridgehead atoms. The highest BCUT2D eigenvalue weighted by Crippen LogP contribution is 2.43. The lowest BCUT2D eigenvalue weighted by Crippen LogP contribution is -1.84. The molecule has 0 amide bonds. The van der Waals surface area contributed by atoms with Crippen LogP contribution in [0.25, 0.3) is 34.2 Å². The van der Waals surface area contributed by atoms with Gasteiger partial charge in [0, 0.05) is 23.5 Å². The minimum atomic E-state index is 0.973. The van der Waals surface area contributed by atoms with Crippen molar-refractivity contribution in [1.29, 1.82) is 0 Å². The minimum Gasteiger partial charge on any atom is -0.254 e. The zero-order chi connectivity index (χ0) is 15.9. The smallest absolute Gasteiger partial charge is 0.0971 e. The van der Waals surface area contributed by atoms with Gasteiger partial charge in [0.1, 0.15) is 0 Å². The molecule has 2 heteroatoms. The van der Waals surface area contributed by atoms with Gasteiger partial charge < -0.3 is 0 Å². The topological polar surface area (TPSA) is 25.8 Å². The van der Waals surface area contributed by atoms with Gasteiger partial charge in [-0.3, -0.25) is 9.97 Å². The van der Waals surface area contributed by atoms with E-state index in [0.717, 1.165) is 22.5 Å². The van der Waals surface area contributed by atoms with Crippen LogP contribution in [0.2, 0.25) is 0 Å².